The van der Waals surface area contributed by atoms with Crippen molar-refractivity contribution < 1.29 is 23.9 Å². The van der Waals surface area contributed by atoms with Crippen LogP contribution in [0.15, 0.2) is 59.5 Å². The summed E-state index contributed by atoms with van der Waals surface area (Å²) in [7, 11) is 1.43. The number of thioether (sulfide) groups is 1. The molecular weight excluding hydrogens is 366 g/mol. The van der Waals surface area contributed by atoms with Crippen LogP contribution in [0.5, 0.6) is 5.75 Å². The minimum atomic E-state index is -0.725. The zero-order valence-electron chi connectivity index (χ0n) is 14.9. The second-order valence-electron chi connectivity index (χ2n) is 5.29. The highest BCUT2D eigenvalue weighted by atomic mass is 32.2. The first kappa shape index (κ1) is 20.3. The van der Waals surface area contributed by atoms with Crippen molar-refractivity contribution >= 4 is 35.6 Å². The maximum atomic E-state index is 12.1. The molecule has 1 N–H and O–H groups in total. The molecule has 0 unspecified atom stereocenters. The summed E-state index contributed by atoms with van der Waals surface area (Å²) in [6, 6.07) is 14.1. The minimum absolute atomic E-state index is 0.216. The van der Waals surface area contributed by atoms with E-state index < -0.39 is 24.4 Å². The first-order valence-electron chi connectivity index (χ1n) is 7.99. The molecular formula is C20H19NO5S. The molecule has 0 saturated heterocycles. The second kappa shape index (κ2) is 10.2. The van der Waals surface area contributed by atoms with Gasteiger partial charge in [0.05, 0.1) is 12.7 Å². The van der Waals surface area contributed by atoms with Crippen molar-refractivity contribution in [1.82, 2.24) is 5.32 Å². The Kier molecular flexibility index (Phi) is 7.63. The first-order valence-corrected chi connectivity index (χ1v) is 9.22. The Hall–Kier alpha value is -3.06. The van der Waals surface area contributed by atoms with Crippen molar-refractivity contribution in [3.05, 3.63) is 65.7 Å². The van der Waals surface area contributed by atoms with Gasteiger partial charge in [-0.15, -0.1) is 11.8 Å². The first-order chi connectivity index (χ1) is 13.0. The Bertz CT molecular complexity index is 846. The molecule has 0 heterocycles. The molecule has 27 heavy (non-hydrogen) atoms. The minimum Gasteiger partial charge on any atom is -0.496 e. The lowest BCUT2D eigenvalue weighted by atomic mass is 10.2. The van der Waals surface area contributed by atoms with E-state index in [2.05, 4.69) is 5.32 Å². The van der Waals surface area contributed by atoms with Gasteiger partial charge in [0.1, 0.15) is 5.75 Å². The maximum Gasteiger partial charge on any atom is 0.331 e. The SMILES string of the molecule is COc1ccccc1C(=O)NC(=O)COC(=O)/C=C/c1ccc(SC)cc1. The fraction of sp³-hybridized carbons (Fsp3) is 0.150. The van der Waals surface area contributed by atoms with E-state index in [1.54, 1.807) is 36.0 Å². The van der Waals surface area contributed by atoms with Crippen molar-refractivity contribution in [2.75, 3.05) is 20.0 Å². The number of ether oxygens (including phenoxy) is 2. The average molecular weight is 385 g/mol. The molecule has 0 saturated carbocycles. The third-order valence-electron chi connectivity index (χ3n) is 3.48. The van der Waals surface area contributed by atoms with E-state index >= 15 is 0 Å². The number of imide groups is 1. The van der Waals surface area contributed by atoms with Crippen LogP contribution in [-0.2, 0) is 14.3 Å². The summed E-state index contributed by atoms with van der Waals surface area (Å²) in [5, 5.41) is 2.15. The monoisotopic (exact) mass is 385 g/mol. The Balaban J connectivity index is 1.82. The molecule has 0 atom stereocenters. The van der Waals surface area contributed by atoms with Gasteiger partial charge in [0.2, 0.25) is 0 Å². The number of rotatable bonds is 7. The van der Waals surface area contributed by atoms with Gasteiger partial charge in [-0.05, 0) is 42.2 Å². The number of esters is 1. The molecule has 0 aliphatic heterocycles. The molecule has 0 radical (unpaired) electrons. The van der Waals surface area contributed by atoms with E-state index in [0.29, 0.717) is 5.75 Å². The summed E-state index contributed by atoms with van der Waals surface area (Å²) in [6.45, 7) is -0.560. The normalized spacial score (nSPS) is 10.4. The van der Waals surface area contributed by atoms with E-state index in [1.807, 2.05) is 30.5 Å². The molecule has 2 aromatic carbocycles. The topological polar surface area (TPSA) is 81.7 Å². The van der Waals surface area contributed by atoms with Crippen LogP contribution in [0.4, 0.5) is 0 Å². The number of hydrogen-bond donors (Lipinski definition) is 1. The summed E-state index contributed by atoms with van der Waals surface area (Å²) < 4.78 is 9.91. The Morgan fingerprint density at radius 2 is 1.78 bits per heavy atom. The van der Waals surface area contributed by atoms with Crippen LogP contribution in [0, 0.1) is 0 Å². The van der Waals surface area contributed by atoms with E-state index in [0.717, 1.165) is 10.5 Å². The number of methoxy groups -OCH3 is 1. The van der Waals surface area contributed by atoms with E-state index in [1.165, 1.54) is 19.3 Å². The average Bonchev–Trinajstić information content (AvgIpc) is 2.70. The fourth-order valence-corrected chi connectivity index (χ4v) is 2.53. The van der Waals surface area contributed by atoms with Gasteiger partial charge in [-0.1, -0.05) is 24.3 Å². The third-order valence-corrected chi connectivity index (χ3v) is 4.22. The molecule has 2 aromatic rings. The highest BCUT2D eigenvalue weighted by Gasteiger charge is 2.15. The van der Waals surface area contributed by atoms with Crippen molar-refractivity contribution in [2.45, 2.75) is 4.90 Å². The van der Waals surface area contributed by atoms with Gasteiger partial charge < -0.3 is 9.47 Å². The molecule has 7 heteroatoms. The molecule has 0 spiro atoms. The van der Waals surface area contributed by atoms with Crippen LogP contribution in [0.25, 0.3) is 6.08 Å². The fourth-order valence-electron chi connectivity index (χ4n) is 2.13. The molecule has 6 nitrogen and oxygen atoms in total. The summed E-state index contributed by atoms with van der Waals surface area (Å²) >= 11 is 1.62. The number of carbonyl (C=O) groups is 3. The summed E-state index contributed by atoms with van der Waals surface area (Å²) in [4.78, 5) is 36.7. The van der Waals surface area contributed by atoms with Crippen LogP contribution in [0.3, 0.4) is 0 Å². The van der Waals surface area contributed by atoms with Gasteiger partial charge in [0, 0.05) is 11.0 Å². The number of nitrogens with one attached hydrogen (secondary N) is 1. The number of para-hydroxylation sites is 1. The van der Waals surface area contributed by atoms with Gasteiger partial charge in [-0.2, -0.15) is 0 Å². The lowest BCUT2D eigenvalue weighted by molar-refractivity contribution is -0.143. The third kappa shape index (κ3) is 6.31. The van der Waals surface area contributed by atoms with E-state index in [-0.39, 0.29) is 5.56 Å². The van der Waals surface area contributed by atoms with Gasteiger partial charge >= 0.3 is 5.97 Å². The number of carbonyl (C=O) groups excluding carboxylic acids is 3. The van der Waals surface area contributed by atoms with Gasteiger partial charge in [-0.3, -0.25) is 14.9 Å². The summed E-state index contributed by atoms with van der Waals surface area (Å²) in [5.74, 6) is -1.69. The largest absolute Gasteiger partial charge is 0.496 e. The molecule has 2 amide bonds. The van der Waals surface area contributed by atoms with Crippen LogP contribution in [0.1, 0.15) is 15.9 Å². The van der Waals surface area contributed by atoms with Gasteiger partial charge in [0.15, 0.2) is 6.61 Å². The number of hydrogen-bond acceptors (Lipinski definition) is 6. The smallest absolute Gasteiger partial charge is 0.331 e. The quantitative estimate of drug-likeness (QED) is 0.448. The molecule has 140 valence electrons. The summed E-state index contributed by atoms with van der Waals surface area (Å²) in [6.07, 6.45) is 4.79. The number of amides is 2. The molecule has 0 aliphatic carbocycles. The van der Waals surface area contributed by atoms with Crippen LogP contribution >= 0.6 is 11.8 Å². The lowest BCUT2D eigenvalue weighted by Crippen LogP contribution is -2.34. The zero-order chi connectivity index (χ0) is 19.6. The lowest BCUT2D eigenvalue weighted by Gasteiger charge is -2.08. The predicted octanol–water partition coefficient (Wildman–Crippen LogP) is 2.93. The highest BCUT2D eigenvalue weighted by Crippen LogP contribution is 2.17. The molecule has 0 bridgehead atoms. The van der Waals surface area contributed by atoms with Gasteiger partial charge in [-0.25, -0.2) is 4.79 Å². The van der Waals surface area contributed by atoms with Crippen LogP contribution in [-0.4, -0.2) is 37.8 Å². The van der Waals surface area contributed by atoms with Crippen molar-refractivity contribution in [2.24, 2.45) is 0 Å². The zero-order valence-corrected chi connectivity index (χ0v) is 15.7. The van der Waals surface area contributed by atoms with E-state index in [9.17, 15) is 14.4 Å². The van der Waals surface area contributed by atoms with Crippen molar-refractivity contribution in [3.8, 4) is 5.75 Å². The summed E-state index contributed by atoms with van der Waals surface area (Å²) in [5.41, 5.74) is 1.05. The number of benzene rings is 2. The highest BCUT2D eigenvalue weighted by molar-refractivity contribution is 7.98. The molecule has 2 rings (SSSR count). The Labute approximate surface area is 161 Å². The molecule has 0 aliphatic rings. The standard InChI is InChI=1S/C20H19NO5S/c1-25-17-6-4-3-5-16(17)20(24)21-18(22)13-26-19(23)12-9-14-7-10-15(27-2)11-8-14/h3-12H,13H2,1-2H3,(H,21,22,24)/b12-9+. The second-order valence-corrected chi connectivity index (χ2v) is 6.17. The van der Waals surface area contributed by atoms with Crippen LogP contribution in [0.2, 0.25) is 0 Å². The maximum absolute atomic E-state index is 12.1. The Morgan fingerprint density at radius 3 is 2.44 bits per heavy atom. The Morgan fingerprint density at radius 1 is 1.07 bits per heavy atom. The van der Waals surface area contributed by atoms with Gasteiger partial charge in [0.25, 0.3) is 11.8 Å². The molecule has 0 aromatic heterocycles. The molecule has 0 fully saturated rings. The van der Waals surface area contributed by atoms with E-state index in [4.69, 9.17) is 9.47 Å². The van der Waals surface area contributed by atoms with Crippen LogP contribution < -0.4 is 10.1 Å². The predicted molar refractivity (Wildman–Crippen MR) is 104 cm³/mol. The van der Waals surface area contributed by atoms with Crippen molar-refractivity contribution in [3.63, 3.8) is 0 Å². The van der Waals surface area contributed by atoms with Crippen molar-refractivity contribution in [1.29, 1.82) is 0 Å².